The fourth-order valence-corrected chi connectivity index (χ4v) is 3.17. The van der Waals surface area contributed by atoms with Crippen LogP contribution in [0.25, 0.3) is 0 Å². The van der Waals surface area contributed by atoms with Gasteiger partial charge in [-0.2, -0.15) is 0 Å². The quantitative estimate of drug-likeness (QED) is 0.883. The standard InChI is InChI=1S/C19H32N2/c1-5-16-11-18(20-15-19(2,3)4)14-21(12-16)13-17-9-7-6-8-10-17/h6-10,16,18,20H,5,11-15H2,1-4H3. The second kappa shape index (κ2) is 7.42. The zero-order chi connectivity index (χ0) is 15.3. The first-order chi connectivity index (χ1) is 9.96. The first-order valence-corrected chi connectivity index (χ1v) is 8.46. The highest BCUT2D eigenvalue weighted by molar-refractivity contribution is 5.14. The van der Waals surface area contributed by atoms with Crippen LogP contribution in [0.5, 0.6) is 0 Å². The SMILES string of the molecule is CCC1CC(NCC(C)(C)C)CN(Cc2ccccc2)C1. The number of likely N-dealkylation sites (tertiary alicyclic amines) is 1. The van der Waals surface area contributed by atoms with Gasteiger partial charge in [0.05, 0.1) is 0 Å². The summed E-state index contributed by atoms with van der Waals surface area (Å²) >= 11 is 0. The maximum absolute atomic E-state index is 3.80. The van der Waals surface area contributed by atoms with Crippen molar-refractivity contribution in [3.05, 3.63) is 35.9 Å². The van der Waals surface area contributed by atoms with Gasteiger partial charge in [-0.05, 0) is 23.3 Å². The molecule has 2 unspecified atom stereocenters. The molecule has 1 aromatic carbocycles. The van der Waals surface area contributed by atoms with Crippen LogP contribution in [0.2, 0.25) is 0 Å². The number of rotatable bonds is 5. The fourth-order valence-electron chi connectivity index (χ4n) is 3.17. The van der Waals surface area contributed by atoms with Crippen molar-refractivity contribution in [2.75, 3.05) is 19.6 Å². The van der Waals surface area contributed by atoms with E-state index in [1.54, 1.807) is 0 Å². The van der Waals surface area contributed by atoms with E-state index in [0.717, 1.165) is 19.0 Å². The number of hydrogen-bond donors (Lipinski definition) is 1. The highest BCUT2D eigenvalue weighted by Gasteiger charge is 2.26. The second-order valence-corrected chi connectivity index (χ2v) is 7.83. The summed E-state index contributed by atoms with van der Waals surface area (Å²) < 4.78 is 0. The van der Waals surface area contributed by atoms with Gasteiger partial charge in [-0.3, -0.25) is 4.90 Å². The Morgan fingerprint density at radius 3 is 2.48 bits per heavy atom. The lowest BCUT2D eigenvalue weighted by molar-refractivity contribution is 0.127. The summed E-state index contributed by atoms with van der Waals surface area (Å²) in [6.07, 6.45) is 2.62. The van der Waals surface area contributed by atoms with Crippen molar-refractivity contribution in [3.8, 4) is 0 Å². The van der Waals surface area contributed by atoms with E-state index < -0.39 is 0 Å². The number of nitrogens with zero attached hydrogens (tertiary/aromatic N) is 1. The molecule has 118 valence electrons. The molecule has 0 spiro atoms. The average Bonchev–Trinajstić information content (AvgIpc) is 2.45. The minimum absolute atomic E-state index is 0.365. The van der Waals surface area contributed by atoms with Crippen molar-refractivity contribution in [1.82, 2.24) is 10.2 Å². The van der Waals surface area contributed by atoms with Gasteiger partial charge < -0.3 is 5.32 Å². The Labute approximate surface area is 130 Å². The number of hydrogen-bond acceptors (Lipinski definition) is 2. The molecule has 1 saturated heterocycles. The summed E-state index contributed by atoms with van der Waals surface area (Å²) in [4.78, 5) is 2.63. The van der Waals surface area contributed by atoms with Crippen molar-refractivity contribution in [1.29, 1.82) is 0 Å². The van der Waals surface area contributed by atoms with E-state index in [9.17, 15) is 0 Å². The smallest absolute Gasteiger partial charge is 0.0234 e. The molecular weight excluding hydrogens is 256 g/mol. The van der Waals surface area contributed by atoms with Gasteiger partial charge in [0, 0.05) is 32.2 Å². The zero-order valence-corrected chi connectivity index (χ0v) is 14.2. The topological polar surface area (TPSA) is 15.3 Å². The largest absolute Gasteiger partial charge is 0.312 e. The minimum Gasteiger partial charge on any atom is -0.312 e. The summed E-state index contributed by atoms with van der Waals surface area (Å²) in [5, 5.41) is 3.80. The molecular formula is C19H32N2. The van der Waals surface area contributed by atoms with E-state index in [1.807, 2.05) is 0 Å². The van der Waals surface area contributed by atoms with Gasteiger partial charge >= 0.3 is 0 Å². The maximum atomic E-state index is 3.80. The lowest BCUT2D eigenvalue weighted by atomic mass is 9.90. The molecule has 2 atom stereocenters. The Balaban J connectivity index is 1.92. The fraction of sp³-hybridized carbons (Fsp3) is 0.684. The van der Waals surface area contributed by atoms with E-state index in [-0.39, 0.29) is 0 Å². The van der Waals surface area contributed by atoms with Crippen LogP contribution in [0.15, 0.2) is 30.3 Å². The monoisotopic (exact) mass is 288 g/mol. The van der Waals surface area contributed by atoms with Gasteiger partial charge in [0.1, 0.15) is 0 Å². The summed E-state index contributed by atoms with van der Waals surface area (Å²) in [5.41, 5.74) is 1.80. The van der Waals surface area contributed by atoms with Crippen LogP contribution in [0.3, 0.4) is 0 Å². The molecule has 0 bridgehead atoms. The zero-order valence-electron chi connectivity index (χ0n) is 14.2. The normalized spacial score (nSPS) is 24.2. The molecule has 1 N–H and O–H groups in total. The molecule has 0 radical (unpaired) electrons. The molecule has 0 aliphatic carbocycles. The summed E-state index contributed by atoms with van der Waals surface area (Å²) in [5.74, 6) is 0.833. The minimum atomic E-state index is 0.365. The van der Waals surface area contributed by atoms with Crippen LogP contribution in [0.4, 0.5) is 0 Å². The van der Waals surface area contributed by atoms with Gasteiger partial charge in [0.2, 0.25) is 0 Å². The molecule has 1 heterocycles. The van der Waals surface area contributed by atoms with Gasteiger partial charge in [-0.25, -0.2) is 0 Å². The number of benzene rings is 1. The predicted molar refractivity (Wildman–Crippen MR) is 91.4 cm³/mol. The Hall–Kier alpha value is -0.860. The Bertz CT molecular complexity index is 407. The van der Waals surface area contributed by atoms with Crippen molar-refractivity contribution >= 4 is 0 Å². The van der Waals surface area contributed by atoms with Crippen LogP contribution in [0, 0.1) is 11.3 Å². The molecule has 1 fully saturated rings. The van der Waals surface area contributed by atoms with Crippen LogP contribution < -0.4 is 5.32 Å². The van der Waals surface area contributed by atoms with Gasteiger partial charge in [-0.1, -0.05) is 64.4 Å². The Kier molecular flexibility index (Phi) is 5.83. The summed E-state index contributed by atoms with van der Waals surface area (Å²) in [6, 6.07) is 11.5. The van der Waals surface area contributed by atoms with E-state index in [2.05, 4.69) is 68.2 Å². The molecule has 0 aromatic heterocycles. The Morgan fingerprint density at radius 1 is 1.14 bits per heavy atom. The molecule has 21 heavy (non-hydrogen) atoms. The van der Waals surface area contributed by atoms with Crippen LogP contribution in [-0.4, -0.2) is 30.6 Å². The van der Waals surface area contributed by atoms with E-state index in [1.165, 1.54) is 31.5 Å². The molecule has 0 saturated carbocycles. The third-order valence-corrected chi connectivity index (χ3v) is 4.36. The van der Waals surface area contributed by atoms with E-state index in [4.69, 9.17) is 0 Å². The first-order valence-electron chi connectivity index (χ1n) is 8.46. The molecule has 1 aromatic rings. The molecule has 2 nitrogen and oxygen atoms in total. The van der Waals surface area contributed by atoms with Gasteiger partial charge in [0.15, 0.2) is 0 Å². The molecule has 2 heteroatoms. The van der Waals surface area contributed by atoms with Crippen molar-refractivity contribution in [2.24, 2.45) is 11.3 Å². The highest BCUT2D eigenvalue weighted by Crippen LogP contribution is 2.22. The van der Waals surface area contributed by atoms with Crippen molar-refractivity contribution in [2.45, 2.75) is 53.1 Å². The lowest BCUT2D eigenvalue weighted by Gasteiger charge is -2.39. The molecule has 2 rings (SSSR count). The summed E-state index contributed by atoms with van der Waals surface area (Å²) in [6.45, 7) is 13.9. The van der Waals surface area contributed by atoms with E-state index >= 15 is 0 Å². The van der Waals surface area contributed by atoms with Crippen molar-refractivity contribution < 1.29 is 0 Å². The molecule has 1 aliphatic heterocycles. The van der Waals surface area contributed by atoms with Gasteiger partial charge in [0.25, 0.3) is 0 Å². The average molecular weight is 288 g/mol. The number of nitrogens with one attached hydrogen (secondary N) is 1. The maximum Gasteiger partial charge on any atom is 0.0234 e. The third-order valence-electron chi connectivity index (χ3n) is 4.36. The second-order valence-electron chi connectivity index (χ2n) is 7.83. The molecule has 0 amide bonds. The lowest BCUT2D eigenvalue weighted by Crippen LogP contribution is -2.50. The van der Waals surface area contributed by atoms with Crippen LogP contribution >= 0.6 is 0 Å². The third kappa shape index (κ3) is 5.80. The Morgan fingerprint density at radius 2 is 1.86 bits per heavy atom. The van der Waals surface area contributed by atoms with Crippen LogP contribution in [-0.2, 0) is 6.54 Å². The number of piperidine rings is 1. The first kappa shape index (κ1) is 16.5. The van der Waals surface area contributed by atoms with E-state index in [0.29, 0.717) is 11.5 Å². The van der Waals surface area contributed by atoms with Crippen molar-refractivity contribution in [3.63, 3.8) is 0 Å². The van der Waals surface area contributed by atoms with Crippen LogP contribution in [0.1, 0.15) is 46.1 Å². The molecule has 1 aliphatic rings. The highest BCUT2D eigenvalue weighted by atomic mass is 15.2. The van der Waals surface area contributed by atoms with Gasteiger partial charge in [-0.15, -0.1) is 0 Å². The predicted octanol–water partition coefficient (Wildman–Crippen LogP) is 3.92. The summed E-state index contributed by atoms with van der Waals surface area (Å²) in [7, 11) is 0.